The molecule has 2 unspecified atom stereocenters. The quantitative estimate of drug-likeness (QED) is 0.0475. The molecule has 36 atom stereocenters. The molecule has 13 aliphatic rings. The number of carbonyl (C=O) groups is 1. The average Bonchev–Trinajstić information content (AvgIpc) is 1.62. The maximum absolute atomic E-state index is 14.0. The van der Waals surface area contributed by atoms with Gasteiger partial charge in [-0.15, -0.1) is 23.5 Å². The Morgan fingerprint density at radius 2 is 0.855 bits per heavy atom. The van der Waals surface area contributed by atoms with Gasteiger partial charge in [-0.3, -0.25) is 0 Å². The van der Waals surface area contributed by atoms with E-state index in [1.54, 1.807) is 99.9 Å². The van der Waals surface area contributed by atoms with Crippen molar-refractivity contribution in [2.24, 2.45) is 29.6 Å². The molecule has 23 nitrogen and oxygen atoms in total. The van der Waals surface area contributed by atoms with Crippen molar-refractivity contribution in [3.8, 4) is 0 Å². The van der Waals surface area contributed by atoms with Crippen LogP contribution in [-0.2, 0) is 80.6 Å². The molecule has 0 aliphatic carbocycles. The van der Waals surface area contributed by atoms with Crippen LogP contribution in [0.25, 0.3) is 0 Å². The van der Waals surface area contributed by atoms with Crippen LogP contribution in [0.3, 0.4) is 0 Å². The molecule has 34 heteroatoms. The number of hydrogen-bond acceptors (Lipinski definition) is 26. The maximum atomic E-state index is 14.0. The lowest BCUT2D eigenvalue weighted by atomic mass is 9.97. The van der Waals surface area contributed by atoms with E-state index >= 15 is 0 Å². The number of thioether (sulfide) groups is 3. The van der Waals surface area contributed by atoms with Crippen LogP contribution in [0.2, 0.25) is 0 Å². The molecule has 0 radical (unpaired) electrons. The minimum Gasteiger partial charge on any atom is -0.396 e. The fourth-order valence-corrected chi connectivity index (χ4v) is 16.1. The largest absolute Gasteiger partial charge is 0.396 e. The lowest BCUT2D eigenvalue weighted by molar-refractivity contribution is -0.217. The zero-order valence-electron chi connectivity index (χ0n) is 61.9. The molecule has 0 aromatic rings. The Bertz CT molecular complexity index is 2320. The van der Waals surface area contributed by atoms with Gasteiger partial charge in [-0.25, -0.2) is 35.1 Å². The second-order valence-electron chi connectivity index (χ2n) is 29.5. The Labute approximate surface area is 667 Å². The fourth-order valence-electron chi connectivity index (χ4n) is 12.8. The Hall–Kier alpha value is -0.720. The molecule has 13 fully saturated rings. The molecule has 13 rings (SSSR count). The third-order valence-corrected chi connectivity index (χ3v) is 23.9. The molecular weight excluding hydrogens is 1530 g/mol. The molecule has 110 heavy (non-hydrogen) atoms. The minimum atomic E-state index is -1.73. The van der Waals surface area contributed by atoms with Crippen molar-refractivity contribution in [2.45, 2.75) is 413 Å². The van der Waals surface area contributed by atoms with E-state index in [9.17, 15) is 39.9 Å². The van der Waals surface area contributed by atoms with Gasteiger partial charge < -0.3 is 111 Å². The summed E-state index contributed by atoms with van der Waals surface area (Å²) in [6, 6.07) is 0. The molecule has 0 amide bonds. The van der Waals surface area contributed by atoms with Gasteiger partial charge in [-0.2, -0.15) is 11.8 Å². The van der Waals surface area contributed by atoms with Gasteiger partial charge in [-0.1, -0.05) is 141 Å². The highest BCUT2D eigenvalue weighted by atomic mass is 32.2. The van der Waals surface area contributed by atoms with Crippen molar-refractivity contribution in [1.82, 2.24) is 0 Å². The van der Waals surface area contributed by atoms with E-state index in [4.69, 9.17) is 106 Å². The summed E-state index contributed by atoms with van der Waals surface area (Å²) >= 11 is 4.49. The lowest BCUT2D eigenvalue weighted by Crippen LogP contribution is -2.35. The molecule has 0 spiro atoms. The van der Waals surface area contributed by atoms with E-state index in [1.165, 1.54) is 7.11 Å². The highest BCUT2D eigenvalue weighted by molar-refractivity contribution is 8.07. The smallest absolute Gasteiger partial charge is 0.190 e. The zero-order valence-corrected chi connectivity index (χ0v) is 64.3. The molecule has 13 aliphatic heterocycles. The summed E-state index contributed by atoms with van der Waals surface area (Å²) in [6.07, 6.45) is -18.6. The van der Waals surface area contributed by atoms with Crippen LogP contribution in [0.5, 0.6) is 0 Å². The summed E-state index contributed by atoms with van der Waals surface area (Å²) in [5, 5.41) is 54.0. The van der Waals surface area contributed by atoms with E-state index in [2.05, 4.69) is 6.92 Å². The summed E-state index contributed by atoms with van der Waals surface area (Å²) in [5.41, 5.74) is -0.864. The van der Waals surface area contributed by atoms with Gasteiger partial charge in [0.1, 0.15) is 72.0 Å². The van der Waals surface area contributed by atoms with Crippen molar-refractivity contribution >= 4 is 41.6 Å². The van der Waals surface area contributed by atoms with E-state index in [0.717, 1.165) is 36.8 Å². The van der Waals surface area contributed by atoms with Crippen LogP contribution in [0.4, 0.5) is 35.1 Å². The zero-order chi connectivity index (χ0) is 76.6. The van der Waals surface area contributed by atoms with Crippen LogP contribution < -0.4 is 0 Å². The first-order chi connectivity index (χ1) is 47.6. The van der Waals surface area contributed by atoms with Gasteiger partial charge in [0.05, 0.1) is 42.9 Å². The van der Waals surface area contributed by atoms with Crippen LogP contribution in [-0.4, -0.2) is 287 Å². The van der Waals surface area contributed by atoms with Crippen LogP contribution in [0, 0.1) is 29.6 Å². The maximum Gasteiger partial charge on any atom is 0.190 e. The monoisotopic (exact) mass is 1680 g/mol. The van der Waals surface area contributed by atoms with Crippen LogP contribution in [0.15, 0.2) is 0 Å². The van der Waals surface area contributed by atoms with Crippen molar-refractivity contribution in [3.05, 3.63) is 0 Å². The summed E-state index contributed by atoms with van der Waals surface area (Å²) in [5.74, 6) is -2.00. The van der Waals surface area contributed by atoms with Gasteiger partial charge in [0.2, 0.25) is 0 Å². The number of epoxide rings is 1. The first kappa shape index (κ1) is 113. The number of methoxy groups -OCH3 is 2. The van der Waals surface area contributed by atoms with Crippen molar-refractivity contribution in [2.75, 3.05) is 39.8 Å². The van der Waals surface area contributed by atoms with E-state index in [-0.39, 0.29) is 132 Å². The average molecular weight is 1680 g/mol. The van der Waals surface area contributed by atoms with Crippen LogP contribution in [0.1, 0.15) is 203 Å². The number of aldehydes is 1. The number of hydrogen-bond donors (Lipinski definition) is 6. The SMILES string of the molecule is C.C.C.C.C.C.C.C.CC1(C)O[C@H]2O[C@@H]([C@@H]3CO3)[C@H](F)[C@H]2O1.CC1(C)O[C@H]2O[C@@H]([C@H]3CS3)[C@H](F)[C@H]2O1.CC[C@@H](C)[C@@H](O)[C@H](F)C=O.CC[C@@H](C)[C@@H]1O[C@@H]2OC(C)(C)O[C@@H]2[C@H]1F.CC[C@@H](C)[C@@H]1O[C@H](O)[C@H](O)[C@H]1F.CC[C@H]1SC(OC)[C@@H](F)[C@@H]1C.COC1S[C@H](CO)[C@@H](O)[C@@H]1F.C[C@H](CO)[C@@H]1O[C@@H]2OC(C)(C)O[C@@H]2[C@H]1F. The number of alkyl halides is 8. The highest BCUT2D eigenvalue weighted by Gasteiger charge is 2.62. The third kappa shape index (κ3) is 29.3. The summed E-state index contributed by atoms with van der Waals surface area (Å²) < 4.78 is 192. The van der Waals surface area contributed by atoms with E-state index in [1.807, 2.05) is 41.5 Å². The molecule has 6 N–H and O–H groups in total. The van der Waals surface area contributed by atoms with Gasteiger partial charge >= 0.3 is 0 Å². The molecule has 664 valence electrons. The number of aliphatic hydroxyl groups excluding tert-OH is 6. The van der Waals surface area contributed by atoms with Crippen LogP contribution >= 0.6 is 35.3 Å². The Kier molecular flexibility index (Phi) is 50.7. The van der Waals surface area contributed by atoms with Gasteiger partial charge in [-0.05, 0) is 79.6 Å². The minimum absolute atomic E-state index is 0. The number of aliphatic hydroxyl groups is 6. The number of rotatable bonds is 16. The highest BCUT2D eigenvalue weighted by Crippen LogP contribution is 2.48. The molecule has 0 aromatic carbocycles. The summed E-state index contributed by atoms with van der Waals surface area (Å²) in [7, 11) is 2.96. The summed E-state index contributed by atoms with van der Waals surface area (Å²) in [4.78, 5) is 9.83. The number of fused-ring (bicyclic) bond motifs is 4. The molecule has 0 saturated carbocycles. The van der Waals surface area contributed by atoms with E-state index in [0.29, 0.717) is 23.5 Å². The Morgan fingerprint density at radius 1 is 0.491 bits per heavy atom. The first-order valence-corrected chi connectivity index (χ1v) is 38.4. The molecule has 13 saturated heterocycles. The molecule has 13 heterocycles. The van der Waals surface area contributed by atoms with Gasteiger partial charge in [0.15, 0.2) is 104 Å². The van der Waals surface area contributed by atoms with Gasteiger partial charge in [0.25, 0.3) is 0 Å². The van der Waals surface area contributed by atoms with Gasteiger partial charge in [0, 0.05) is 48.9 Å². The predicted molar refractivity (Wildman–Crippen MR) is 414 cm³/mol. The van der Waals surface area contributed by atoms with Crippen molar-refractivity contribution in [3.63, 3.8) is 0 Å². The Balaban J connectivity index is -0.00000118. The number of ether oxygens (including phenoxy) is 16. The standard InChI is InChI=1S/C11H19FO3.C10H17FO4.C9H13FO4.C9H13FO3S.C8H15FO3.C8H15FOS.C7H13FO2.C6H11FO3S.8CH4/c1-5-6(2)8-7(12)9-10(13-8)15-11(3,4)14-9;1-5(4-12)7-6(11)8-9(13-7)15-10(2,3)14-8;1-9(2)13-7-5(10)6(4-3-11-4)12-8(7)14-9;1-9(2)12-7-5(10)6(4-3-14-4)11-8(7)13-9;1-3-4(2)7-5(9)6(10)8(11)12-7;1-4-6-5(2)7(9)8(10-3)11-6;1-3-5(2)7(10)6(8)4-9;1-10-6-4(7)5(9)3(2-8)11-6;;;;;;;;/h6-10H,5H2,1-4H3;5-9,12H,4H2,1-3H3;2*4-8H,3H2,1-2H3;4-8,10-11H,3H2,1-2H3;5-8H,4H2,1-3H3;4-7,10H,3H2,1-2H3;3-6,8-9H,2H2,1H3;8*1H4/t6-,7+,8+,9-,10-;5-,6+,7+,8-,9-;4-,5-,6-,7+,8+;4-,5+,6+,7-,8-;4-,5-,6-,7+,8+;5-,6-,7+,8?;5-,6-,7-;3-,4+,5-,6?;;;;;;;;/m11011111......../s1. The molecular formula is C76H148F8O23S3. The second kappa shape index (κ2) is 49.1. The van der Waals surface area contributed by atoms with Crippen molar-refractivity contribution in [1.29, 1.82) is 0 Å². The second-order valence-corrected chi connectivity index (χ2v) is 33.5. The first-order valence-electron chi connectivity index (χ1n) is 35.4. The third-order valence-electron chi connectivity index (χ3n) is 19.6. The predicted octanol–water partition coefficient (Wildman–Crippen LogP) is 13.7. The number of carbonyl (C=O) groups excluding carboxylic acids is 1. The molecule has 0 aromatic heterocycles. The normalized spacial score (nSPS) is 41.9. The number of halogens is 8. The fraction of sp³-hybridized carbons (Fsp3) is 0.987. The summed E-state index contributed by atoms with van der Waals surface area (Å²) in [6.45, 7) is 31.5. The Morgan fingerprint density at radius 3 is 1.14 bits per heavy atom. The molecule has 0 bridgehead atoms. The van der Waals surface area contributed by atoms with E-state index < -0.39 is 176 Å². The lowest BCUT2D eigenvalue weighted by Gasteiger charge is -2.24. The topological polar surface area (TPSA) is 289 Å². The van der Waals surface area contributed by atoms with Crippen molar-refractivity contribution < 1.29 is 146 Å².